The van der Waals surface area contributed by atoms with E-state index in [1.54, 1.807) is 30.6 Å². The van der Waals surface area contributed by atoms with Crippen LogP contribution in [0.1, 0.15) is 12.5 Å². The molecule has 0 unspecified atom stereocenters. The molecule has 4 heterocycles. The summed E-state index contributed by atoms with van der Waals surface area (Å²) in [4.78, 5) is 17.0. The lowest BCUT2D eigenvalue weighted by molar-refractivity contribution is 0.626. The molecular formula is C25H19FN6. The number of halogens is 1. The Hall–Kier alpha value is -4.39. The van der Waals surface area contributed by atoms with E-state index >= 15 is 0 Å². The molecule has 0 amide bonds. The Kier molecular flexibility index (Phi) is 4.91. The van der Waals surface area contributed by atoms with Crippen molar-refractivity contribution >= 4 is 27.5 Å². The van der Waals surface area contributed by atoms with Gasteiger partial charge in [-0.15, -0.1) is 0 Å². The zero-order valence-corrected chi connectivity index (χ0v) is 17.3. The number of aromatic nitrogens is 6. The lowest BCUT2D eigenvalue weighted by Crippen LogP contribution is -1.89. The largest absolute Gasteiger partial charge is 0.336 e. The lowest BCUT2D eigenvalue weighted by atomic mass is 10.0. The molecule has 156 valence electrons. The van der Waals surface area contributed by atoms with Crippen LogP contribution in [0.15, 0.2) is 79.7 Å². The van der Waals surface area contributed by atoms with Gasteiger partial charge in [0, 0.05) is 29.4 Å². The first kappa shape index (κ1) is 19.6. The van der Waals surface area contributed by atoms with Crippen LogP contribution < -0.4 is 0 Å². The molecule has 6 nitrogen and oxygen atoms in total. The second-order valence-corrected chi connectivity index (χ2v) is 7.14. The van der Waals surface area contributed by atoms with Gasteiger partial charge in [-0.1, -0.05) is 36.9 Å². The van der Waals surface area contributed by atoms with Gasteiger partial charge in [0.05, 0.1) is 16.7 Å². The molecule has 0 saturated carbocycles. The number of rotatable bonds is 5. The molecule has 32 heavy (non-hydrogen) atoms. The zero-order chi connectivity index (χ0) is 22.1. The number of benzene rings is 1. The Balaban J connectivity index is 1.68. The van der Waals surface area contributed by atoms with E-state index in [-0.39, 0.29) is 5.82 Å². The summed E-state index contributed by atoms with van der Waals surface area (Å²) in [7, 11) is 0. The fourth-order valence-electron chi connectivity index (χ4n) is 3.69. The van der Waals surface area contributed by atoms with Gasteiger partial charge in [-0.25, -0.2) is 9.37 Å². The maximum absolute atomic E-state index is 14.8. The average molecular weight is 422 g/mol. The molecular weight excluding hydrogens is 403 g/mol. The number of pyridine rings is 2. The monoisotopic (exact) mass is 422 g/mol. The van der Waals surface area contributed by atoms with Gasteiger partial charge in [0.1, 0.15) is 22.7 Å². The summed E-state index contributed by atoms with van der Waals surface area (Å²) in [6.07, 6.45) is 10.6. The average Bonchev–Trinajstić information content (AvgIpc) is 3.43. The quantitative estimate of drug-likeness (QED) is 0.348. The molecule has 2 N–H and O–H groups in total. The van der Waals surface area contributed by atoms with Crippen LogP contribution in [0.25, 0.3) is 50.4 Å². The number of imidazole rings is 1. The summed E-state index contributed by atoms with van der Waals surface area (Å²) in [5.74, 6) is 0.235. The third kappa shape index (κ3) is 3.30. The SMILES string of the molecule is C=C/C=C\C(=C/C)c1cc2c(-c3nc4c(-c5ccccn5)nccc4[nH]3)n[nH]c2cc1F. The predicted octanol–water partition coefficient (Wildman–Crippen LogP) is 5.85. The number of allylic oxidation sites excluding steroid dienone is 5. The van der Waals surface area contributed by atoms with Crippen molar-refractivity contribution in [1.82, 2.24) is 30.1 Å². The number of hydrogen-bond acceptors (Lipinski definition) is 4. The van der Waals surface area contributed by atoms with Crippen molar-refractivity contribution in [2.45, 2.75) is 6.92 Å². The van der Waals surface area contributed by atoms with E-state index in [9.17, 15) is 4.39 Å². The minimum absolute atomic E-state index is 0.333. The molecule has 5 rings (SSSR count). The van der Waals surface area contributed by atoms with Crippen LogP contribution in [0.2, 0.25) is 0 Å². The van der Waals surface area contributed by atoms with Crippen molar-refractivity contribution < 1.29 is 4.39 Å². The summed E-state index contributed by atoms with van der Waals surface area (Å²) >= 11 is 0. The smallest absolute Gasteiger partial charge is 0.159 e. The Labute approximate surface area is 183 Å². The zero-order valence-electron chi connectivity index (χ0n) is 17.3. The molecule has 5 aromatic rings. The normalized spacial score (nSPS) is 12.2. The molecule has 1 aromatic carbocycles. The highest BCUT2D eigenvalue weighted by Crippen LogP contribution is 2.32. The van der Waals surface area contributed by atoms with Crippen LogP contribution in [-0.4, -0.2) is 30.1 Å². The van der Waals surface area contributed by atoms with Gasteiger partial charge < -0.3 is 4.98 Å². The van der Waals surface area contributed by atoms with E-state index in [2.05, 4.69) is 31.7 Å². The number of nitrogens with one attached hydrogen (secondary N) is 2. The maximum atomic E-state index is 14.8. The van der Waals surface area contributed by atoms with Gasteiger partial charge >= 0.3 is 0 Å². The van der Waals surface area contributed by atoms with Gasteiger partial charge in [-0.2, -0.15) is 5.10 Å². The molecule has 7 heteroatoms. The molecule has 0 fully saturated rings. The number of nitrogens with zero attached hydrogens (tertiary/aromatic N) is 4. The molecule has 0 aliphatic rings. The number of hydrogen-bond donors (Lipinski definition) is 2. The minimum atomic E-state index is -0.333. The van der Waals surface area contributed by atoms with Crippen molar-refractivity contribution in [3.8, 4) is 22.9 Å². The molecule has 0 atom stereocenters. The van der Waals surface area contributed by atoms with Crippen LogP contribution in [0.3, 0.4) is 0 Å². The van der Waals surface area contributed by atoms with Crippen molar-refractivity contribution in [2.75, 3.05) is 0 Å². The summed E-state index contributed by atoms with van der Waals surface area (Å²) in [5, 5.41) is 8.09. The van der Waals surface area contributed by atoms with Crippen molar-refractivity contribution in [3.05, 3.63) is 91.1 Å². The third-order valence-corrected chi connectivity index (χ3v) is 5.22. The lowest BCUT2D eigenvalue weighted by Gasteiger charge is -2.05. The van der Waals surface area contributed by atoms with Gasteiger partial charge in [0.15, 0.2) is 5.82 Å². The molecule has 0 spiro atoms. The molecule has 0 saturated heterocycles. The van der Waals surface area contributed by atoms with E-state index in [1.807, 2.05) is 43.3 Å². The minimum Gasteiger partial charge on any atom is -0.336 e. The standard InChI is InChI=1S/C25H19FN6/c1-3-5-8-15(4-2)16-13-17-21(14-18(16)26)31-32-22(17)25-29-20-10-12-28-23(24(20)30-25)19-9-6-7-11-27-19/h3-14H,1H2,2H3,(H,29,30)(H,31,32)/b8-5-,15-4+. The van der Waals surface area contributed by atoms with E-state index in [4.69, 9.17) is 4.98 Å². The van der Waals surface area contributed by atoms with Crippen molar-refractivity contribution in [1.29, 1.82) is 0 Å². The van der Waals surface area contributed by atoms with Gasteiger partial charge in [-0.05, 0) is 36.8 Å². The highest BCUT2D eigenvalue weighted by atomic mass is 19.1. The fourth-order valence-corrected chi connectivity index (χ4v) is 3.69. The Morgan fingerprint density at radius 1 is 1.06 bits per heavy atom. The number of H-pyrrole nitrogens is 2. The summed E-state index contributed by atoms with van der Waals surface area (Å²) < 4.78 is 14.8. The van der Waals surface area contributed by atoms with Crippen molar-refractivity contribution in [3.63, 3.8) is 0 Å². The van der Waals surface area contributed by atoms with Gasteiger partial charge in [0.25, 0.3) is 0 Å². The van der Waals surface area contributed by atoms with Crippen LogP contribution in [0, 0.1) is 5.82 Å². The topological polar surface area (TPSA) is 83.1 Å². The van der Waals surface area contributed by atoms with E-state index in [0.29, 0.717) is 33.8 Å². The van der Waals surface area contributed by atoms with Crippen LogP contribution in [0.4, 0.5) is 4.39 Å². The van der Waals surface area contributed by atoms with Gasteiger partial charge in [0.2, 0.25) is 0 Å². The summed E-state index contributed by atoms with van der Waals surface area (Å²) in [6, 6.07) is 10.8. The van der Waals surface area contributed by atoms with E-state index < -0.39 is 0 Å². The highest BCUT2D eigenvalue weighted by Gasteiger charge is 2.18. The second kappa shape index (κ2) is 8.03. The molecule has 0 radical (unpaired) electrons. The summed E-state index contributed by atoms with van der Waals surface area (Å²) in [5.41, 5.74) is 5.36. The van der Waals surface area contributed by atoms with Gasteiger partial charge in [-0.3, -0.25) is 15.1 Å². The first-order valence-electron chi connectivity index (χ1n) is 10.1. The van der Waals surface area contributed by atoms with E-state index in [1.165, 1.54) is 6.07 Å². The first-order chi connectivity index (χ1) is 15.7. The maximum Gasteiger partial charge on any atom is 0.159 e. The van der Waals surface area contributed by atoms with Crippen LogP contribution in [-0.2, 0) is 0 Å². The van der Waals surface area contributed by atoms with Crippen LogP contribution >= 0.6 is 0 Å². The van der Waals surface area contributed by atoms with Crippen LogP contribution in [0.5, 0.6) is 0 Å². The first-order valence-corrected chi connectivity index (χ1v) is 10.1. The van der Waals surface area contributed by atoms with E-state index in [0.717, 1.165) is 22.2 Å². The Morgan fingerprint density at radius 3 is 2.75 bits per heavy atom. The molecule has 0 bridgehead atoms. The molecule has 0 aliphatic heterocycles. The number of fused-ring (bicyclic) bond motifs is 2. The Bertz CT molecular complexity index is 1510. The molecule has 4 aromatic heterocycles. The third-order valence-electron chi connectivity index (χ3n) is 5.22. The highest BCUT2D eigenvalue weighted by molar-refractivity contribution is 5.97. The number of aromatic amines is 2. The Morgan fingerprint density at radius 2 is 1.97 bits per heavy atom. The fraction of sp³-hybridized carbons (Fsp3) is 0.0400. The predicted molar refractivity (Wildman–Crippen MR) is 125 cm³/mol. The molecule has 0 aliphatic carbocycles. The van der Waals surface area contributed by atoms with Crippen molar-refractivity contribution in [2.24, 2.45) is 0 Å². The second-order valence-electron chi connectivity index (χ2n) is 7.14. The summed E-state index contributed by atoms with van der Waals surface area (Å²) in [6.45, 7) is 5.55.